The third kappa shape index (κ3) is 2.14. The summed E-state index contributed by atoms with van der Waals surface area (Å²) in [6.45, 7) is 1.47. The zero-order valence-corrected chi connectivity index (χ0v) is 12.9. The Bertz CT molecular complexity index is 592. The molecule has 9 heteroatoms. The molecule has 20 heavy (non-hydrogen) atoms. The molecule has 0 aromatic heterocycles. The number of anilines is 1. The smallest absolute Gasteiger partial charge is 0.232 e. The molecule has 1 aliphatic carbocycles. The van der Waals surface area contributed by atoms with E-state index in [0.29, 0.717) is 6.42 Å². The molecule has 0 bridgehead atoms. The molecule has 0 spiro atoms. The summed E-state index contributed by atoms with van der Waals surface area (Å²) in [5.74, 6) is -11.5. The highest BCUT2D eigenvalue weighted by Gasteiger charge is 2.66. The van der Waals surface area contributed by atoms with Gasteiger partial charge in [-0.25, -0.2) is 22.0 Å². The third-order valence-electron chi connectivity index (χ3n) is 3.21. The first-order valence-corrected chi connectivity index (χ1v) is 6.82. The minimum atomic E-state index is -2.27. The molecule has 1 aliphatic rings. The van der Waals surface area contributed by atoms with Crippen molar-refractivity contribution >= 4 is 43.5 Å². The fourth-order valence-corrected chi connectivity index (χ4v) is 3.09. The molecular formula is C11H6Br2F5NO. The van der Waals surface area contributed by atoms with Crippen molar-refractivity contribution in [3.8, 4) is 0 Å². The molecule has 1 saturated carbocycles. The first-order valence-electron chi connectivity index (χ1n) is 5.23. The van der Waals surface area contributed by atoms with Gasteiger partial charge in [0.2, 0.25) is 11.7 Å². The highest BCUT2D eigenvalue weighted by atomic mass is 79.9. The predicted molar refractivity (Wildman–Crippen MR) is 68.2 cm³/mol. The summed E-state index contributed by atoms with van der Waals surface area (Å²) >= 11 is 6.32. The number of hydrogen-bond donors (Lipinski definition) is 1. The average molecular weight is 423 g/mol. The predicted octanol–water partition coefficient (Wildman–Crippen LogP) is 4.22. The van der Waals surface area contributed by atoms with Crippen molar-refractivity contribution in [2.75, 3.05) is 5.32 Å². The molecule has 110 valence electrons. The maximum atomic E-state index is 13.4. The third-order valence-corrected chi connectivity index (χ3v) is 5.52. The van der Waals surface area contributed by atoms with Gasteiger partial charge >= 0.3 is 0 Å². The Kier molecular flexibility index (Phi) is 3.65. The van der Waals surface area contributed by atoms with Crippen LogP contribution in [-0.2, 0) is 4.79 Å². The number of carbonyl (C=O) groups is 1. The van der Waals surface area contributed by atoms with Crippen LogP contribution in [0.1, 0.15) is 13.3 Å². The van der Waals surface area contributed by atoms with Crippen molar-refractivity contribution in [1.82, 2.24) is 0 Å². The van der Waals surface area contributed by atoms with E-state index in [1.807, 2.05) is 0 Å². The fourth-order valence-electron chi connectivity index (χ4n) is 1.61. The van der Waals surface area contributed by atoms with E-state index in [1.54, 1.807) is 5.32 Å². The first-order chi connectivity index (χ1) is 9.03. The number of alkyl halides is 2. The molecule has 1 atom stereocenters. The van der Waals surface area contributed by atoms with Crippen LogP contribution in [0.25, 0.3) is 0 Å². The van der Waals surface area contributed by atoms with Crippen molar-refractivity contribution in [3.63, 3.8) is 0 Å². The Morgan fingerprint density at radius 3 is 1.70 bits per heavy atom. The van der Waals surface area contributed by atoms with Crippen molar-refractivity contribution < 1.29 is 26.7 Å². The van der Waals surface area contributed by atoms with E-state index >= 15 is 0 Å². The summed E-state index contributed by atoms with van der Waals surface area (Å²) < 4.78 is 64.9. The van der Waals surface area contributed by atoms with Gasteiger partial charge < -0.3 is 5.32 Å². The molecule has 1 amide bonds. The summed E-state index contributed by atoms with van der Waals surface area (Å²) in [5, 5.41) is 1.75. The highest BCUT2D eigenvalue weighted by molar-refractivity contribution is 9.25. The molecule has 1 aromatic rings. The Morgan fingerprint density at radius 1 is 1.00 bits per heavy atom. The van der Waals surface area contributed by atoms with Crippen LogP contribution in [0.3, 0.4) is 0 Å². The minimum absolute atomic E-state index is 0.293. The number of rotatable bonds is 2. The summed E-state index contributed by atoms with van der Waals surface area (Å²) in [6.07, 6.45) is 0.293. The Balaban J connectivity index is 2.39. The van der Waals surface area contributed by atoms with Crippen molar-refractivity contribution in [3.05, 3.63) is 29.1 Å². The Labute approximate surface area is 127 Å². The maximum absolute atomic E-state index is 13.4. The average Bonchev–Trinajstić information content (AvgIpc) is 2.90. The van der Waals surface area contributed by atoms with Crippen molar-refractivity contribution in [2.45, 2.75) is 16.6 Å². The van der Waals surface area contributed by atoms with Crippen LogP contribution in [-0.4, -0.2) is 9.14 Å². The monoisotopic (exact) mass is 421 g/mol. The Hall–Kier alpha value is -0.700. The molecule has 0 heterocycles. The molecular weight excluding hydrogens is 417 g/mol. The van der Waals surface area contributed by atoms with Crippen LogP contribution in [0.5, 0.6) is 0 Å². The zero-order valence-electron chi connectivity index (χ0n) is 9.76. The van der Waals surface area contributed by atoms with Crippen LogP contribution >= 0.6 is 31.9 Å². The lowest BCUT2D eigenvalue weighted by Crippen LogP contribution is -2.27. The van der Waals surface area contributed by atoms with E-state index < -0.39 is 49.3 Å². The van der Waals surface area contributed by atoms with Gasteiger partial charge in [0, 0.05) is 0 Å². The van der Waals surface area contributed by atoms with E-state index in [2.05, 4.69) is 31.9 Å². The van der Waals surface area contributed by atoms with E-state index in [-0.39, 0.29) is 0 Å². The van der Waals surface area contributed by atoms with E-state index in [9.17, 15) is 26.7 Å². The standard InChI is InChI=1S/C11H6Br2F5NO/c1-10(2-11(10,12)13)9(20)19-8-6(17)4(15)3(14)5(16)7(8)18/h2H2,1H3,(H,19,20)/t10-/m0/s1. The van der Waals surface area contributed by atoms with Crippen LogP contribution in [0.4, 0.5) is 27.6 Å². The lowest BCUT2D eigenvalue weighted by molar-refractivity contribution is -0.120. The Morgan fingerprint density at radius 2 is 1.35 bits per heavy atom. The van der Waals surface area contributed by atoms with Crippen molar-refractivity contribution in [2.24, 2.45) is 5.41 Å². The van der Waals surface area contributed by atoms with Crippen LogP contribution < -0.4 is 5.32 Å². The van der Waals surface area contributed by atoms with Crippen LogP contribution in [0, 0.1) is 34.5 Å². The van der Waals surface area contributed by atoms with Gasteiger partial charge in [-0.05, 0) is 13.3 Å². The first kappa shape index (κ1) is 15.7. The zero-order chi connectivity index (χ0) is 15.5. The van der Waals surface area contributed by atoms with Gasteiger partial charge in [-0.15, -0.1) is 0 Å². The summed E-state index contributed by atoms with van der Waals surface area (Å²) in [5.41, 5.74) is -2.41. The molecule has 2 rings (SSSR count). The lowest BCUT2D eigenvalue weighted by Gasteiger charge is -2.14. The number of halogens is 7. The second-order valence-corrected chi connectivity index (χ2v) is 8.38. The molecule has 1 fully saturated rings. The summed E-state index contributed by atoms with van der Waals surface area (Å²) in [4.78, 5) is 11.9. The quantitative estimate of drug-likeness (QED) is 0.329. The highest BCUT2D eigenvalue weighted by Crippen LogP contribution is 2.66. The van der Waals surface area contributed by atoms with Gasteiger partial charge in [0.1, 0.15) is 5.69 Å². The van der Waals surface area contributed by atoms with Gasteiger partial charge in [0.25, 0.3) is 0 Å². The van der Waals surface area contributed by atoms with Gasteiger partial charge in [-0.3, -0.25) is 4.79 Å². The van der Waals surface area contributed by atoms with Gasteiger partial charge in [0.05, 0.1) is 8.65 Å². The summed E-state index contributed by atoms with van der Waals surface area (Å²) in [7, 11) is 0. The van der Waals surface area contributed by atoms with Crippen LogP contribution in [0.15, 0.2) is 0 Å². The number of amides is 1. The molecule has 1 N–H and O–H groups in total. The van der Waals surface area contributed by atoms with Gasteiger partial charge in [0.15, 0.2) is 23.3 Å². The number of benzene rings is 1. The molecule has 0 unspecified atom stereocenters. The second-order valence-electron chi connectivity index (χ2n) is 4.61. The molecule has 2 nitrogen and oxygen atoms in total. The van der Waals surface area contributed by atoms with E-state index in [4.69, 9.17) is 0 Å². The number of nitrogens with one attached hydrogen (secondary N) is 1. The molecule has 0 radical (unpaired) electrons. The lowest BCUT2D eigenvalue weighted by atomic mass is 10.1. The SMILES string of the molecule is C[C@@]1(C(=O)Nc2c(F)c(F)c(F)c(F)c2F)CC1(Br)Br. The number of hydrogen-bond acceptors (Lipinski definition) is 1. The van der Waals surface area contributed by atoms with Crippen LogP contribution in [0.2, 0.25) is 0 Å². The summed E-state index contributed by atoms with van der Waals surface area (Å²) in [6, 6.07) is 0. The molecule has 0 saturated heterocycles. The molecule has 0 aliphatic heterocycles. The number of carbonyl (C=O) groups excluding carboxylic acids is 1. The largest absolute Gasteiger partial charge is 0.320 e. The van der Waals surface area contributed by atoms with Gasteiger partial charge in [-0.1, -0.05) is 31.9 Å². The van der Waals surface area contributed by atoms with Crippen molar-refractivity contribution in [1.29, 1.82) is 0 Å². The molecule has 1 aromatic carbocycles. The second kappa shape index (κ2) is 4.66. The fraction of sp³-hybridized carbons (Fsp3) is 0.364. The topological polar surface area (TPSA) is 29.1 Å². The van der Waals surface area contributed by atoms with E-state index in [1.165, 1.54) is 6.92 Å². The van der Waals surface area contributed by atoms with E-state index in [0.717, 1.165) is 0 Å². The van der Waals surface area contributed by atoms with Gasteiger partial charge in [-0.2, -0.15) is 0 Å². The normalized spacial score (nSPS) is 23.6. The minimum Gasteiger partial charge on any atom is -0.320 e. The maximum Gasteiger partial charge on any atom is 0.232 e.